The number of allylic oxidation sites excluding steroid dienone is 2. The summed E-state index contributed by atoms with van der Waals surface area (Å²) < 4.78 is 10.8. The van der Waals surface area contributed by atoms with Gasteiger partial charge in [0.05, 0.1) is 12.0 Å². The van der Waals surface area contributed by atoms with Crippen LogP contribution in [0.3, 0.4) is 0 Å². The fraction of sp³-hybridized carbons (Fsp3) is 0.882. The van der Waals surface area contributed by atoms with Gasteiger partial charge in [0.25, 0.3) is 0 Å². The first-order valence-corrected chi connectivity index (χ1v) is 16.0. The fourth-order valence-electron chi connectivity index (χ4n) is 11.2. The molecule has 1 unspecified atom stereocenters. The van der Waals surface area contributed by atoms with Crippen molar-refractivity contribution >= 4 is 12.1 Å². The van der Waals surface area contributed by atoms with E-state index in [0.29, 0.717) is 25.5 Å². The number of aliphatic hydroxyl groups is 1. The van der Waals surface area contributed by atoms with Gasteiger partial charge >= 0.3 is 12.1 Å². The van der Waals surface area contributed by atoms with Gasteiger partial charge in [0.1, 0.15) is 0 Å². The van der Waals surface area contributed by atoms with Crippen molar-refractivity contribution in [2.45, 2.75) is 118 Å². The molecule has 0 radical (unpaired) electrons. The van der Waals surface area contributed by atoms with Crippen molar-refractivity contribution in [2.24, 2.45) is 50.2 Å². The van der Waals surface area contributed by atoms with Gasteiger partial charge in [-0.2, -0.15) is 0 Å². The number of carboxylic acids is 1. The van der Waals surface area contributed by atoms with Crippen molar-refractivity contribution in [2.75, 3.05) is 20.3 Å². The Morgan fingerprint density at radius 1 is 0.951 bits per heavy atom. The van der Waals surface area contributed by atoms with Crippen LogP contribution in [-0.4, -0.2) is 48.3 Å². The average Bonchev–Trinajstić information content (AvgIpc) is 2.87. The number of carboxylic acid groups (broad SMARTS) is 1. The van der Waals surface area contributed by atoms with Crippen molar-refractivity contribution in [3.8, 4) is 0 Å². The molecule has 0 spiro atoms. The van der Waals surface area contributed by atoms with Crippen LogP contribution in [0.5, 0.6) is 0 Å². The fourth-order valence-corrected chi connectivity index (χ4v) is 11.2. The van der Waals surface area contributed by atoms with Gasteiger partial charge in [0, 0.05) is 25.5 Å². The zero-order chi connectivity index (χ0) is 30.3. The molecule has 5 aliphatic rings. The standard InChI is InChI=1S/C34H55NO6/c1-28(2)13-16-33(26(36)37)17-15-31(6)22(23(33)21-28)9-10-25-30(5)14-18-34(39,41-27(38)35-19-20-40-8)29(3,4)24(30)11-12-32(25,31)7/h9,23-25,39H,10-21H2,1-8H3,(H,35,38)(H,36,37)/t23-,24?,25-,30+,31-,32-,33+,34+/m1/s1. The monoisotopic (exact) mass is 573 g/mol. The number of alkyl carbamates (subject to hydrolysis) is 1. The van der Waals surface area contributed by atoms with Gasteiger partial charge in [0.2, 0.25) is 5.79 Å². The third-order valence-electron chi connectivity index (χ3n) is 14.0. The lowest BCUT2D eigenvalue weighted by Gasteiger charge is -2.71. The largest absolute Gasteiger partial charge is 0.481 e. The second-order valence-corrected chi connectivity index (χ2v) is 16.5. The molecule has 5 rings (SSSR count). The molecule has 3 N–H and O–H groups in total. The number of carbonyl (C=O) groups excluding carboxylic acids is 1. The molecule has 0 aromatic carbocycles. The number of amides is 1. The molecule has 0 saturated heterocycles. The first-order valence-electron chi connectivity index (χ1n) is 16.0. The van der Waals surface area contributed by atoms with Crippen LogP contribution in [0.25, 0.3) is 0 Å². The highest BCUT2D eigenvalue weighted by atomic mass is 16.7. The number of hydrogen-bond acceptors (Lipinski definition) is 5. The maximum atomic E-state index is 12.9. The zero-order valence-corrected chi connectivity index (χ0v) is 26.8. The molecule has 0 aliphatic heterocycles. The van der Waals surface area contributed by atoms with Crippen LogP contribution >= 0.6 is 0 Å². The number of carbonyl (C=O) groups is 2. The van der Waals surface area contributed by atoms with E-state index in [-0.39, 0.29) is 33.5 Å². The lowest BCUT2D eigenvalue weighted by molar-refractivity contribution is -0.309. The highest BCUT2D eigenvalue weighted by molar-refractivity contribution is 5.76. The van der Waals surface area contributed by atoms with Crippen molar-refractivity contribution in [1.82, 2.24) is 5.32 Å². The Bertz CT molecular complexity index is 1110. The SMILES string of the molecule is COCCNC(=O)O[C@@]1(O)CC[C@@]2(C)C(CC[C@]3(C)[C@@H]2CC=C2[C@H]4CC(C)(C)CC[C@]4(C(=O)O)CC[C@]23C)C1(C)C. The molecule has 4 saturated carbocycles. The van der Waals surface area contributed by atoms with Crippen LogP contribution in [0.4, 0.5) is 4.79 Å². The van der Waals surface area contributed by atoms with Gasteiger partial charge in [-0.25, -0.2) is 4.79 Å². The van der Waals surface area contributed by atoms with E-state index >= 15 is 0 Å². The Hall–Kier alpha value is -1.60. The normalized spacial score (nSPS) is 46.1. The summed E-state index contributed by atoms with van der Waals surface area (Å²) in [7, 11) is 1.58. The topological polar surface area (TPSA) is 105 Å². The number of hydrogen-bond donors (Lipinski definition) is 3. The Morgan fingerprint density at radius 3 is 2.29 bits per heavy atom. The van der Waals surface area contributed by atoms with Crippen molar-refractivity contribution < 1.29 is 29.3 Å². The lowest BCUT2D eigenvalue weighted by Crippen LogP contribution is -2.68. The number of aliphatic carboxylic acids is 1. The second-order valence-electron chi connectivity index (χ2n) is 16.5. The van der Waals surface area contributed by atoms with E-state index in [2.05, 4.69) is 59.9 Å². The van der Waals surface area contributed by atoms with E-state index in [1.54, 1.807) is 7.11 Å². The van der Waals surface area contributed by atoms with E-state index in [9.17, 15) is 19.8 Å². The van der Waals surface area contributed by atoms with E-state index in [0.717, 1.165) is 57.8 Å². The van der Waals surface area contributed by atoms with E-state index in [1.807, 2.05) is 0 Å². The van der Waals surface area contributed by atoms with Crippen LogP contribution in [0.2, 0.25) is 0 Å². The van der Waals surface area contributed by atoms with Crippen LogP contribution in [0.15, 0.2) is 11.6 Å². The summed E-state index contributed by atoms with van der Waals surface area (Å²) in [4.78, 5) is 25.5. The Kier molecular flexibility index (Phi) is 7.30. The predicted octanol–water partition coefficient (Wildman–Crippen LogP) is 6.93. The highest BCUT2D eigenvalue weighted by Crippen LogP contribution is 2.76. The molecule has 0 heterocycles. The van der Waals surface area contributed by atoms with Gasteiger partial charge in [-0.3, -0.25) is 4.79 Å². The van der Waals surface area contributed by atoms with Crippen molar-refractivity contribution in [1.29, 1.82) is 0 Å². The number of ether oxygens (including phenoxy) is 2. The lowest BCUT2D eigenvalue weighted by atomic mass is 9.33. The van der Waals surface area contributed by atoms with Gasteiger partial charge < -0.3 is 25.0 Å². The van der Waals surface area contributed by atoms with Crippen LogP contribution < -0.4 is 5.32 Å². The first-order chi connectivity index (χ1) is 18.9. The maximum Gasteiger partial charge on any atom is 0.409 e. The van der Waals surface area contributed by atoms with Gasteiger partial charge in [-0.1, -0.05) is 60.1 Å². The molecule has 0 aromatic heterocycles. The Morgan fingerprint density at radius 2 is 1.63 bits per heavy atom. The second kappa shape index (κ2) is 9.70. The van der Waals surface area contributed by atoms with Crippen molar-refractivity contribution in [3.05, 3.63) is 11.6 Å². The average molecular weight is 574 g/mol. The minimum Gasteiger partial charge on any atom is -0.481 e. The molecule has 0 aromatic rings. The minimum atomic E-state index is -1.54. The van der Waals surface area contributed by atoms with E-state index in [1.165, 1.54) is 5.57 Å². The van der Waals surface area contributed by atoms with Crippen LogP contribution in [-0.2, 0) is 14.3 Å². The van der Waals surface area contributed by atoms with Crippen molar-refractivity contribution in [3.63, 3.8) is 0 Å². The summed E-state index contributed by atoms with van der Waals surface area (Å²) in [5.41, 5.74) is 0.296. The molecule has 7 heteroatoms. The third-order valence-corrected chi connectivity index (χ3v) is 14.0. The van der Waals surface area contributed by atoms with Crippen LogP contribution in [0.1, 0.15) is 113 Å². The summed E-state index contributed by atoms with van der Waals surface area (Å²) >= 11 is 0. The quantitative estimate of drug-likeness (QED) is 0.187. The summed E-state index contributed by atoms with van der Waals surface area (Å²) in [5, 5.41) is 25.2. The van der Waals surface area contributed by atoms with Gasteiger partial charge in [-0.05, 0) is 97.2 Å². The molecule has 232 valence electrons. The molecule has 0 bridgehead atoms. The van der Waals surface area contributed by atoms with E-state index < -0.39 is 28.7 Å². The third kappa shape index (κ3) is 4.25. The van der Waals surface area contributed by atoms with Crippen LogP contribution in [0, 0.1) is 50.2 Å². The molecular weight excluding hydrogens is 518 g/mol. The van der Waals surface area contributed by atoms with E-state index in [4.69, 9.17) is 9.47 Å². The number of nitrogens with one attached hydrogen (secondary N) is 1. The summed E-state index contributed by atoms with van der Waals surface area (Å²) in [5.74, 6) is -1.43. The molecule has 8 atom stereocenters. The first kappa shape index (κ1) is 30.8. The molecule has 41 heavy (non-hydrogen) atoms. The summed E-state index contributed by atoms with van der Waals surface area (Å²) in [6.07, 6.45) is 10.4. The molecule has 5 aliphatic carbocycles. The highest BCUT2D eigenvalue weighted by Gasteiger charge is 2.71. The number of fused-ring (bicyclic) bond motifs is 7. The maximum absolute atomic E-state index is 12.9. The number of rotatable bonds is 5. The molecule has 4 fully saturated rings. The van der Waals surface area contributed by atoms with Gasteiger partial charge in [-0.15, -0.1) is 0 Å². The smallest absolute Gasteiger partial charge is 0.409 e. The van der Waals surface area contributed by atoms with Gasteiger partial charge in [0.15, 0.2) is 0 Å². The molecule has 1 amide bonds. The Balaban J connectivity index is 1.47. The number of methoxy groups -OCH3 is 1. The molecular formula is C34H55NO6. The summed E-state index contributed by atoms with van der Waals surface area (Å²) in [6, 6.07) is 0. The predicted molar refractivity (Wildman–Crippen MR) is 158 cm³/mol. The minimum absolute atomic E-state index is 0.0309. The zero-order valence-electron chi connectivity index (χ0n) is 26.8. The Labute approximate surface area is 247 Å². The molecule has 7 nitrogen and oxygen atoms in total. The summed E-state index contributed by atoms with van der Waals surface area (Å²) in [6.45, 7) is 16.9.